The first kappa shape index (κ1) is 12.8. The van der Waals surface area contributed by atoms with E-state index >= 15 is 0 Å². The lowest BCUT2D eigenvalue weighted by atomic mass is 10.2. The Bertz CT molecular complexity index is 244. The maximum absolute atomic E-state index is 10.9. The van der Waals surface area contributed by atoms with Gasteiger partial charge < -0.3 is 21.3 Å². The Balaban J connectivity index is 3.64. The number of amides is 1. The smallest absolute Gasteiger partial charge is 0.322 e. The number of carboxylic acids is 1. The van der Waals surface area contributed by atoms with Gasteiger partial charge in [0.25, 0.3) is 0 Å². The fourth-order valence-electron chi connectivity index (χ4n) is 0.673. The van der Waals surface area contributed by atoms with Crippen LogP contribution in [0.1, 0.15) is 12.8 Å². The molecule has 5 N–H and O–H groups in total. The highest BCUT2D eigenvalue weighted by Crippen LogP contribution is 1.95. The van der Waals surface area contributed by atoms with Gasteiger partial charge in [0.15, 0.2) is 5.05 Å². The zero-order chi connectivity index (χ0) is 11.1. The summed E-state index contributed by atoms with van der Waals surface area (Å²) in [5.74, 6) is -1.54. The van der Waals surface area contributed by atoms with Crippen LogP contribution in [0.25, 0.3) is 0 Å². The van der Waals surface area contributed by atoms with E-state index < -0.39 is 24.5 Å². The fourth-order valence-corrected chi connectivity index (χ4v) is 0.791. The van der Waals surface area contributed by atoms with Crippen LogP contribution in [-0.2, 0) is 9.59 Å². The third-order valence-electron chi connectivity index (χ3n) is 1.44. The molecule has 0 aliphatic carbocycles. The molecule has 0 aromatic heterocycles. The van der Waals surface area contributed by atoms with Crippen LogP contribution in [0.2, 0.25) is 0 Å². The van der Waals surface area contributed by atoms with E-state index in [-0.39, 0.29) is 17.9 Å². The first-order valence-corrected chi connectivity index (χ1v) is 4.31. The number of nitrogens with one attached hydrogen (secondary N) is 1. The molecule has 0 aromatic carbocycles. The van der Waals surface area contributed by atoms with E-state index in [2.05, 4.69) is 17.5 Å². The number of rotatable bonds is 6. The van der Waals surface area contributed by atoms with Gasteiger partial charge in [-0.25, -0.2) is 0 Å². The van der Waals surface area contributed by atoms with E-state index in [4.69, 9.17) is 15.9 Å². The summed E-state index contributed by atoms with van der Waals surface area (Å²) >= 11 is 4.38. The molecule has 0 fully saturated rings. The summed E-state index contributed by atoms with van der Waals surface area (Å²) in [7, 11) is 0. The second-order valence-corrected chi connectivity index (χ2v) is 3.07. The molecule has 6 nitrogen and oxygen atoms in total. The van der Waals surface area contributed by atoms with Crippen molar-refractivity contribution in [2.24, 2.45) is 5.73 Å². The highest BCUT2D eigenvalue weighted by atomic mass is 32.1. The molecule has 0 spiro atoms. The first-order chi connectivity index (χ1) is 6.43. The van der Waals surface area contributed by atoms with E-state index in [0.717, 1.165) is 0 Å². The highest BCUT2D eigenvalue weighted by molar-refractivity contribution is 7.80. The van der Waals surface area contributed by atoms with E-state index in [9.17, 15) is 9.59 Å². The van der Waals surface area contributed by atoms with Gasteiger partial charge in [-0.05, 0) is 18.6 Å². The Kier molecular flexibility index (Phi) is 5.73. The number of hydrogen-bond acceptors (Lipinski definition) is 4. The van der Waals surface area contributed by atoms with Crippen LogP contribution >= 0.6 is 12.2 Å². The summed E-state index contributed by atoms with van der Waals surface area (Å²) in [6, 6.07) is -0.722. The molecule has 0 heterocycles. The highest BCUT2D eigenvalue weighted by Gasteiger charge is 2.10. The molecule has 14 heavy (non-hydrogen) atoms. The topological polar surface area (TPSA) is 113 Å². The molecule has 0 saturated carbocycles. The van der Waals surface area contributed by atoms with Gasteiger partial charge in [-0.2, -0.15) is 0 Å². The molecule has 0 aliphatic heterocycles. The Morgan fingerprint density at radius 1 is 1.43 bits per heavy atom. The van der Waals surface area contributed by atoms with Crippen LogP contribution in [0.5, 0.6) is 0 Å². The van der Waals surface area contributed by atoms with Crippen molar-refractivity contribution >= 4 is 29.1 Å². The average Bonchev–Trinajstić information content (AvgIpc) is 2.10. The van der Waals surface area contributed by atoms with Crippen molar-refractivity contribution in [1.82, 2.24) is 5.32 Å². The Hall–Kier alpha value is -1.21. The van der Waals surface area contributed by atoms with Gasteiger partial charge in [0.2, 0.25) is 5.91 Å². The number of aliphatic carboxylic acids is 1. The molecule has 0 radical (unpaired) electrons. The maximum Gasteiger partial charge on any atom is 0.322 e. The minimum absolute atomic E-state index is 0.0369. The second kappa shape index (κ2) is 6.28. The predicted molar refractivity (Wildman–Crippen MR) is 53.1 cm³/mol. The van der Waals surface area contributed by atoms with Crippen LogP contribution in [0, 0.1) is 0 Å². The molecule has 7 heteroatoms. The zero-order valence-corrected chi connectivity index (χ0v) is 8.21. The van der Waals surface area contributed by atoms with Gasteiger partial charge in [0.1, 0.15) is 6.54 Å². The molecule has 1 amide bonds. The molecule has 0 aliphatic rings. The maximum atomic E-state index is 10.9. The van der Waals surface area contributed by atoms with Crippen LogP contribution in [0.4, 0.5) is 0 Å². The number of carbonyl (C=O) groups is 2. The van der Waals surface area contributed by atoms with Gasteiger partial charge in [-0.1, -0.05) is 0 Å². The van der Waals surface area contributed by atoms with Crippen molar-refractivity contribution in [3.05, 3.63) is 0 Å². The van der Waals surface area contributed by atoms with E-state index in [1.807, 2.05) is 0 Å². The first-order valence-electron chi connectivity index (χ1n) is 3.90. The second-order valence-electron chi connectivity index (χ2n) is 2.65. The molecular formula is C7H12N2O4S. The molecule has 80 valence electrons. The van der Waals surface area contributed by atoms with Crippen molar-refractivity contribution in [2.45, 2.75) is 18.9 Å². The van der Waals surface area contributed by atoms with E-state index in [1.165, 1.54) is 0 Å². The summed E-state index contributed by atoms with van der Waals surface area (Å²) in [6.45, 7) is -0.419. The molecular weight excluding hydrogens is 208 g/mol. The summed E-state index contributed by atoms with van der Waals surface area (Å²) < 4.78 is 0. The minimum atomic E-state index is -1.11. The largest absolute Gasteiger partial charge is 0.501 e. The lowest BCUT2D eigenvalue weighted by Crippen LogP contribution is -2.33. The summed E-state index contributed by atoms with van der Waals surface area (Å²) in [5, 5.41) is 18.8. The third kappa shape index (κ3) is 6.32. The van der Waals surface area contributed by atoms with Gasteiger partial charge >= 0.3 is 5.97 Å². The average molecular weight is 220 g/mol. The summed E-state index contributed by atoms with van der Waals surface area (Å²) in [4.78, 5) is 21.0. The number of carbonyl (C=O) groups excluding carboxylic acids is 1. The Labute approximate surface area is 86.1 Å². The van der Waals surface area contributed by atoms with Gasteiger partial charge in [0, 0.05) is 6.42 Å². The lowest BCUT2D eigenvalue weighted by molar-refractivity contribution is -0.137. The number of nitrogens with two attached hydrogens (primary N) is 1. The lowest BCUT2D eigenvalue weighted by Gasteiger charge is -2.07. The summed E-state index contributed by atoms with van der Waals surface area (Å²) in [6.07, 6.45) is 0.232. The normalized spacial score (nSPS) is 11.8. The van der Waals surface area contributed by atoms with E-state index in [1.54, 1.807) is 0 Å². The molecule has 0 rings (SSSR count). The van der Waals surface area contributed by atoms with Crippen molar-refractivity contribution in [3.8, 4) is 0 Å². The third-order valence-corrected chi connectivity index (χ3v) is 1.74. The molecule has 1 atom stereocenters. The van der Waals surface area contributed by atoms with E-state index in [0.29, 0.717) is 0 Å². The standard InChI is InChI=1S/C7H12N2O4S/c8-4(7(13)14)1-2-5(10)9-3-6(11)12/h4H,1-3,8H2,(H,9,10)(H,11,12)(H,13,14)/t4-/m1/s1. The van der Waals surface area contributed by atoms with Crippen molar-refractivity contribution in [3.63, 3.8) is 0 Å². The monoisotopic (exact) mass is 220 g/mol. The molecule has 0 bridgehead atoms. The van der Waals surface area contributed by atoms with Crippen LogP contribution < -0.4 is 11.1 Å². The number of hydrogen-bond donors (Lipinski definition) is 4. The number of carboxylic acid groups (broad SMARTS) is 1. The van der Waals surface area contributed by atoms with Gasteiger partial charge in [-0.15, -0.1) is 0 Å². The van der Waals surface area contributed by atoms with Crippen molar-refractivity contribution in [1.29, 1.82) is 0 Å². The minimum Gasteiger partial charge on any atom is -0.501 e. The quantitative estimate of drug-likeness (QED) is 0.435. The zero-order valence-electron chi connectivity index (χ0n) is 7.40. The fraction of sp³-hybridized carbons (Fsp3) is 0.571. The summed E-state index contributed by atoms with van der Waals surface area (Å²) in [5.41, 5.74) is 5.33. The Morgan fingerprint density at radius 3 is 2.43 bits per heavy atom. The van der Waals surface area contributed by atoms with Crippen LogP contribution in [0.3, 0.4) is 0 Å². The molecule has 0 saturated heterocycles. The van der Waals surface area contributed by atoms with Crippen molar-refractivity contribution < 1.29 is 19.8 Å². The molecule has 0 aromatic rings. The van der Waals surface area contributed by atoms with Gasteiger partial charge in [-0.3, -0.25) is 9.59 Å². The number of thiocarbonyl (C=S) groups is 1. The SMILES string of the molecule is N[C@H](CCC(=O)NCC(=O)O)C(O)=S. The molecule has 0 unspecified atom stereocenters. The van der Waals surface area contributed by atoms with Gasteiger partial charge in [0.05, 0.1) is 6.04 Å². The number of aliphatic hydroxyl groups excluding tert-OH is 1. The van der Waals surface area contributed by atoms with Crippen LogP contribution in [-0.4, -0.2) is 39.7 Å². The van der Waals surface area contributed by atoms with Crippen molar-refractivity contribution in [2.75, 3.05) is 6.54 Å². The Morgan fingerprint density at radius 2 is 2.00 bits per heavy atom. The number of aliphatic hydroxyl groups is 1. The van der Waals surface area contributed by atoms with Crippen LogP contribution in [0.15, 0.2) is 0 Å². The predicted octanol–water partition coefficient (Wildman–Crippen LogP) is -0.820.